The van der Waals surface area contributed by atoms with Gasteiger partial charge >= 0.3 is 6.03 Å². The third-order valence-electron chi connectivity index (χ3n) is 4.93. The maximum atomic E-state index is 12.3. The number of benzene rings is 2. The van der Waals surface area contributed by atoms with Gasteiger partial charge in [-0.2, -0.15) is 0 Å². The van der Waals surface area contributed by atoms with E-state index in [9.17, 15) is 9.90 Å². The predicted octanol–water partition coefficient (Wildman–Crippen LogP) is 3.18. The summed E-state index contributed by atoms with van der Waals surface area (Å²) in [5.41, 5.74) is 1.23. The lowest BCUT2D eigenvalue weighted by molar-refractivity contribution is 0.0740. The molecule has 24 heavy (non-hydrogen) atoms. The summed E-state index contributed by atoms with van der Waals surface area (Å²) in [7, 11) is 0. The zero-order valence-corrected chi connectivity index (χ0v) is 14.2. The van der Waals surface area contributed by atoms with E-state index in [-0.39, 0.29) is 18.1 Å². The van der Waals surface area contributed by atoms with Gasteiger partial charge in [0.2, 0.25) is 0 Å². The molecular weight excluding hydrogens is 300 g/mol. The number of nitrogens with one attached hydrogen (secondary N) is 1. The summed E-state index contributed by atoms with van der Waals surface area (Å²) in [6, 6.07) is 14.7. The highest BCUT2D eigenvalue weighted by Crippen LogP contribution is 2.19. The number of carbonyl (C=O) groups is 1. The van der Waals surface area contributed by atoms with Gasteiger partial charge in [-0.1, -0.05) is 42.5 Å². The molecule has 3 rings (SSSR count). The Bertz CT molecular complexity index is 699. The van der Waals surface area contributed by atoms with Crippen LogP contribution in [0.2, 0.25) is 0 Å². The topological polar surface area (TPSA) is 52.6 Å². The second-order valence-electron chi connectivity index (χ2n) is 6.75. The number of rotatable bonds is 4. The van der Waals surface area contributed by atoms with Gasteiger partial charge in [0.1, 0.15) is 0 Å². The van der Waals surface area contributed by atoms with E-state index in [1.54, 1.807) is 0 Å². The first kappa shape index (κ1) is 16.8. The van der Waals surface area contributed by atoms with Gasteiger partial charge in [0.25, 0.3) is 0 Å². The maximum Gasteiger partial charge on any atom is 0.317 e. The quantitative estimate of drug-likeness (QED) is 0.906. The summed E-state index contributed by atoms with van der Waals surface area (Å²) in [6.45, 7) is 3.88. The number of urea groups is 1. The SMILES string of the molecule is C[C@H](O)[C@@H]1CCCN(C(=O)NCCc2ccc3ccccc3c2)C1. The van der Waals surface area contributed by atoms with Crippen LogP contribution in [0.3, 0.4) is 0 Å². The molecule has 2 N–H and O–H groups in total. The Hall–Kier alpha value is -2.07. The lowest BCUT2D eigenvalue weighted by atomic mass is 9.94. The van der Waals surface area contributed by atoms with Crippen molar-refractivity contribution >= 4 is 16.8 Å². The molecule has 0 aliphatic carbocycles. The summed E-state index contributed by atoms with van der Waals surface area (Å²) in [5, 5.41) is 15.2. The van der Waals surface area contributed by atoms with Crippen molar-refractivity contribution in [2.24, 2.45) is 5.92 Å². The van der Waals surface area contributed by atoms with Crippen LogP contribution in [0.5, 0.6) is 0 Å². The van der Waals surface area contributed by atoms with E-state index < -0.39 is 0 Å². The number of amides is 2. The Morgan fingerprint density at radius 3 is 2.88 bits per heavy atom. The number of carbonyl (C=O) groups excluding carboxylic acids is 1. The van der Waals surface area contributed by atoms with Crippen LogP contribution < -0.4 is 5.32 Å². The molecule has 128 valence electrons. The number of hydrogen-bond donors (Lipinski definition) is 2. The molecule has 2 aromatic carbocycles. The Morgan fingerprint density at radius 1 is 1.29 bits per heavy atom. The molecule has 2 atom stereocenters. The molecule has 0 bridgehead atoms. The summed E-state index contributed by atoms with van der Waals surface area (Å²) in [6.07, 6.45) is 2.44. The standard InChI is InChI=1S/C20H26N2O2/c1-15(23)19-7-4-12-22(14-19)20(24)21-11-10-16-8-9-17-5-2-3-6-18(17)13-16/h2-3,5-6,8-9,13,15,19,23H,4,7,10-12,14H2,1H3,(H,21,24)/t15-,19+/m0/s1. The molecule has 1 fully saturated rings. The van der Waals surface area contributed by atoms with Gasteiger partial charge in [-0.3, -0.25) is 0 Å². The second-order valence-corrected chi connectivity index (χ2v) is 6.75. The lowest BCUT2D eigenvalue weighted by Gasteiger charge is -2.34. The van der Waals surface area contributed by atoms with Gasteiger partial charge in [0.15, 0.2) is 0 Å². The van der Waals surface area contributed by atoms with Crippen molar-refractivity contribution in [3.8, 4) is 0 Å². The average Bonchev–Trinajstić information content (AvgIpc) is 2.61. The zero-order chi connectivity index (χ0) is 16.9. The molecule has 2 aromatic rings. The van der Waals surface area contributed by atoms with Gasteiger partial charge < -0.3 is 15.3 Å². The van der Waals surface area contributed by atoms with Crippen molar-refractivity contribution in [3.63, 3.8) is 0 Å². The summed E-state index contributed by atoms with van der Waals surface area (Å²) < 4.78 is 0. The lowest BCUT2D eigenvalue weighted by Crippen LogP contribution is -2.47. The predicted molar refractivity (Wildman–Crippen MR) is 97.0 cm³/mol. The monoisotopic (exact) mass is 326 g/mol. The minimum Gasteiger partial charge on any atom is -0.393 e. The smallest absolute Gasteiger partial charge is 0.317 e. The maximum absolute atomic E-state index is 12.3. The summed E-state index contributed by atoms with van der Waals surface area (Å²) in [4.78, 5) is 14.1. The van der Waals surface area contributed by atoms with Gasteiger partial charge in [0, 0.05) is 25.6 Å². The van der Waals surface area contributed by atoms with Crippen LogP contribution in [0.15, 0.2) is 42.5 Å². The molecule has 1 saturated heterocycles. The number of piperidine rings is 1. The Labute approximate surface area is 143 Å². The normalized spacial score (nSPS) is 19.2. The van der Waals surface area contributed by atoms with Gasteiger partial charge in [0.05, 0.1) is 6.10 Å². The van der Waals surface area contributed by atoms with E-state index in [4.69, 9.17) is 0 Å². The number of hydrogen-bond acceptors (Lipinski definition) is 2. The van der Waals surface area contributed by atoms with E-state index in [0.29, 0.717) is 13.1 Å². The van der Waals surface area contributed by atoms with Crippen molar-refractivity contribution in [3.05, 3.63) is 48.0 Å². The third kappa shape index (κ3) is 4.06. The zero-order valence-electron chi connectivity index (χ0n) is 14.2. The van der Waals surface area contributed by atoms with Crippen LogP contribution in [0.1, 0.15) is 25.3 Å². The van der Waals surface area contributed by atoms with E-state index >= 15 is 0 Å². The summed E-state index contributed by atoms with van der Waals surface area (Å²) in [5.74, 6) is 0.199. The number of likely N-dealkylation sites (tertiary alicyclic amines) is 1. The van der Waals surface area contributed by atoms with Crippen molar-refractivity contribution in [1.29, 1.82) is 0 Å². The minimum absolute atomic E-state index is 0.0128. The van der Waals surface area contributed by atoms with Gasteiger partial charge in [-0.15, -0.1) is 0 Å². The fourth-order valence-corrected chi connectivity index (χ4v) is 3.41. The average molecular weight is 326 g/mol. The molecular formula is C20H26N2O2. The van der Waals surface area contributed by atoms with Crippen LogP contribution in [0.25, 0.3) is 10.8 Å². The fourth-order valence-electron chi connectivity index (χ4n) is 3.41. The molecule has 0 saturated carbocycles. The van der Waals surface area contributed by atoms with Gasteiger partial charge in [-0.25, -0.2) is 4.79 Å². The highest BCUT2D eigenvalue weighted by atomic mass is 16.3. The van der Waals surface area contributed by atoms with E-state index in [1.165, 1.54) is 16.3 Å². The molecule has 1 aliphatic rings. The number of fused-ring (bicyclic) bond motifs is 1. The van der Waals surface area contributed by atoms with Crippen molar-refractivity contribution < 1.29 is 9.90 Å². The molecule has 1 heterocycles. The Kier molecular flexibility index (Phi) is 5.36. The number of aliphatic hydroxyl groups is 1. The Morgan fingerprint density at radius 2 is 2.08 bits per heavy atom. The molecule has 0 aromatic heterocycles. The van der Waals surface area contributed by atoms with Crippen LogP contribution in [-0.4, -0.2) is 41.8 Å². The van der Waals surface area contributed by atoms with E-state index in [0.717, 1.165) is 25.8 Å². The molecule has 2 amide bonds. The van der Waals surface area contributed by atoms with Crippen LogP contribution >= 0.6 is 0 Å². The fraction of sp³-hybridized carbons (Fsp3) is 0.450. The van der Waals surface area contributed by atoms with Gasteiger partial charge in [-0.05, 0) is 42.5 Å². The second kappa shape index (κ2) is 7.67. The highest BCUT2D eigenvalue weighted by molar-refractivity contribution is 5.83. The van der Waals surface area contributed by atoms with Crippen molar-refractivity contribution in [1.82, 2.24) is 10.2 Å². The summed E-state index contributed by atoms with van der Waals surface area (Å²) >= 11 is 0. The van der Waals surface area contributed by atoms with Crippen LogP contribution in [-0.2, 0) is 6.42 Å². The first-order valence-electron chi connectivity index (χ1n) is 8.82. The van der Waals surface area contributed by atoms with E-state index in [1.807, 2.05) is 24.0 Å². The first-order valence-corrected chi connectivity index (χ1v) is 8.82. The molecule has 1 aliphatic heterocycles. The molecule has 0 radical (unpaired) electrons. The highest BCUT2D eigenvalue weighted by Gasteiger charge is 2.26. The van der Waals surface area contributed by atoms with E-state index in [2.05, 4.69) is 35.6 Å². The first-order chi connectivity index (χ1) is 11.6. The van der Waals surface area contributed by atoms with Crippen molar-refractivity contribution in [2.75, 3.05) is 19.6 Å². The van der Waals surface area contributed by atoms with Crippen LogP contribution in [0, 0.1) is 5.92 Å². The largest absolute Gasteiger partial charge is 0.393 e. The molecule has 4 heteroatoms. The van der Waals surface area contributed by atoms with Crippen LogP contribution in [0.4, 0.5) is 4.79 Å². The number of aliphatic hydroxyl groups excluding tert-OH is 1. The molecule has 0 unspecified atom stereocenters. The Balaban J connectivity index is 1.50. The van der Waals surface area contributed by atoms with Crippen molar-refractivity contribution in [2.45, 2.75) is 32.3 Å². The minimum atomic E-state index is -0.349. The number of nitrogens with zero attached hydrogens (tertiary/aromatic N) is 1. The molecule has 0 spiro atoms. The third-order valence-corrected chi connectivity index (χ3v) is 4.93. The molecule has 4 nitrogen and oxygen atoms in total.